The fourth-order valence-corrected chi connectivity index (χ4v) is 4.41. The predicted octanol–water partition coefficient (Wildman–Crippen LogP) is 2.93. The summed E-state index contributed by atoms with van der Waals surface area (Å²) >= 11 is 0. The number of likely N-dealkylation sites (tertiary alicyclic amines) is 1. The van der Waals surface area contributed by atoms with Gasteiger partial charge in [-0.25, -0.2) is 0 Å². The summed E-state index contributed by atoms with van der Waals surface area (Å²) in [7, 11) is 0. The van der Waals surface area contributed by atoms with E-state index in [1.807, 2.05) is 0 Å². The number of rotatable bonds is 4. The van der Waals surface area contributed by atoms with E-state index in [0.717, 1.165) is 52.4 Å². The lowest BCUT2D eigenvalue weighted by molar-refractivity contribution is -0.0534. The minimum Gasteiger partial charge on any atom is -0.390 e. The smallest absolute Gasteiger partial charge is 0.0822 e. The zero-order chi connectivity index (χ0) is 18.6. The molecule has 0 unspecified atom stereocenters. The summed E-state index contributed by atoms with van der Waals surface area (Å²) in [4.78, 5) is 4.78. The van der Waals surface area contributed by atoms with Gasteiger partial charge in [0.2, 0.25) is 0 Å². The van der Waals surface area contributed by atoms with Crippen LogP contribution in [0, 0.1) is 6.92 Å². The first-order chi connectivity index (χ1) is 13.2. The third kappa shape index (κ3) is 4.41. The summed E-state index contributed by atoms with van der Waals surface area (Å²) in [6.07, 6.45) is 0.755. The van der Waals surface area contributed by atoms with E-state index in [4.69, 9.17) is 4.74 Å². The van der Waals surface area contributed by atoms with E-state index in [2.05, 4.69) is 65.3 Å². The van der Waals surface area contributed by atoms with E-state index in [1.54, 1.807) is 0 Å². The molecule has 2 aliphatic rings. The van der Waals surface area contributed by atoms with Crippen LogP contribution >= 0.6 is 0 Å². The van der Waals surface area contributed by atoms with Gasteiger partial charge in [0.05, 0.1) is 19.3 Å². The average Bonchev–Trinajstić information content (AvgIpc) is 2.70. The van der Waals surface area contributed by atoms with Gasteiger partial charge in [0.1, 0.15) is 0 Å². The number of ether oxygens (including phenoxy) is 1. The molecular weight excluding hydrogens is 336 g/mol. The highest BCUT2D eigenvalue weighted by molar-refractivity contribution is 5.67. The molecule has 144 valence electrons. The van der Waals surface area contributed by atoms with Crippen molar-refractivity contribution in [2.45, 2.75) is 32.0 Å². The lowest BCUT2D eigenvalue weighted by atomic mass is 9.98. The molecule has 4 rings (SSSR count). The molecule has 2 aromatic rings. The number of hydrogen-bond acceptors (Lipinski definition) is 4. The second-order valence-corrected chi connectivity index (χ2v) is 7.82. The van der Waals surface area contributed by atoms with Crippen LogP contribution in [0.25, 0.3) is 11.1 Å². The summed E-state index contributed by atoms with van der Waals surface area (Å²) in [5.74, 6) is 0. The molecule has 2 saturated heterocycles. The van der Waals surface area contributed by atoms with Gasteiger partial charge in [0.15, 0.2) is 0 Å². The molecule has 2 heterocycles. The number of benzene rings is 2. The maximum Gasteiger partial charge on any atom is 0.0822 e. The summed E-state index contributed by atoms with van der Waals surface area (Å²) in [5, 5.41) is 10.7. The van der Waals surface area contributed by atoms with Gasteiger partial charge in [-0.3, -0.25) is 9.80 Å². The Labute approximate surface area is 162 Å². The number of β-amino-alcohol motifs (C(OH)–C–C–N with tert-alkyl or cyclic N) is 1. The Hall–Kier alpha value is -1.72. The molecule has 0 bridgehead atoms. The Bertz CT molecular complexity index is 740. The number of aliphatic hydroxyl groups excluding tert-OH is 1. The van der Waals surface area contributed by atoms with E-state index in [9.17, 15) is 5.11 Å². The highest BCUT2D eigenvalue weighted by Crippen LogP contribution is 2.25. The van der Waals surface area contributed by atoms with Gasteiger partial charge in [0, 0.05) is 38.8 Å². The van der Waals surface area contributed by atoms with Gasteiger partial charge in [-0.1, -0.05) is 48.5 Å². The second-order valence-electron chi connectivity index (χ2n) is 7.82. The van der Waals surface area contributed by atoms with Gasteiger partial charge in [-0.2, -0.15) is 0 Å². The Kier molecular flexibility index (Phi) is 5.89. The van der Waals surface area contributed by atoms with Gasteiger partial charge in [-0.15, -0.1) is 0 Å². The normalized spacial score (nSPS) is 24.8. The highest BCUT2D eigenvalue weighted by Gasteiger charge is 2.32. The van der Waals surface area contributed by atoms with Crippen LogP contribution in [0.3, 0.4) is 0 Å². The van der Waals surface area contributed by atoms with Crippen LogP contribution < -0.4 is 0 Å². The van der Waals surface area contributed by atoms with Crippen molar-refractivity contribution in [3.63, 3.8) is 0 Å². The molecule has 0 radical (unpaired) electrons. The molecule has 4 nitrogen and oxygen atoms in total. The fourth-order valence-electron chi connectivity index (χ4n) is 4.41. The Morgan fingerprint density at radius 3 is 2.44 bits per heavy atom. The standard InChI is InChI=1S/C23H30N2O2/c1-18-4-2-3-5-21(18)20-8-6-19(7-9-20)16-24-11-10-22(23(26)17-24)25-12-14-27-15-13-25/h2-9,22-23,26H,10-17H2,1H3/t22-,23-/m1/s1. The monoisotopic (exact) mass is 366 g/mol. The van der Waals surface area contributed by atoms with E-state index in [-0.39, 0.29) is 12.1 Å². The van der Waals surface area contributed by atoms with Crippen molar-refractivity contribution >= 4 is 0 Å². The van der Waals surface area contributed by atoms with Crippen LogP contribution in [0.5, 0.6) is 0 Å². The van der Waals surface area contributed by atoms with Crippen molar-refractivity contribution in [2.75, 3.05) is 39.4 Å². The molecule has 27 heavy (non-hydrogen) atoms. The molecule has 2 atom stereocenters. The van der Waals surface area contributed by atoms with Crippen LogP contribution in [-0.4, -0.2) is 66.4 Å². The molecule has 2 fully saturated rings. The zero-order valence-corrected chi connectivity index (χ0v) is 16.2. The SMILES string of the molecule is Cc1ccccc1-c1ccc(CN2CC[C@@H](N3CCOCC3)[C@H](O)C2)cc1. The molecule has 0 aliphatic carbocycles. The van der Waals surface area contributed by atoms with E-state index >= 15 is 0 Å². The van der Waals surface area contributed by atoms with Crippen molar-refractivity contribution in [3.05, 3.63) is 59.7 Å². The maximum absolute atomic E-state index is 10.7. The molecule has 0 spiro atoms. The number of hydrogen-bond donors (Lipinski definition) is 1. The van der Waals surface area contributed by atoms with Crippen molar-refractivity contribution in [1.29, 1.82) is 0 Å². The molecule has 0 saturated carbocycles. The fraction of sp³-hybridized carbons (Fsp3) is 0.478. The number of aryl methyl sites for hydroxylation is 1. The lowest BCUT2D eigenvalue weighted by Gasteiger charge is -2.43. The van der Waals surface area contributed by atoms with Gasteiger partial charge < -0.3 is 9.84 Å². The Morgan fingerprint density at radius 2 is 1.74 bits per heavy atom. The molecule has 2 aromatic carbocycles. The summed E-state index contributed by atoms with van der Waals surface area (Å²) < 4.78 is 5.44. The van der Waals surface area contributed by atoms with Crippen LogP contribution in [0.4, 0.5) is 0 Å². The molecule has 4 heteroatoms. The molecule has 0 aromatic heterocycles. The van der Waals surface area contributed by atoms with Crippen molar-refractivity contribution in [3.8, 4) is 11.1 Å². The number of piperidine rings is 1. The average molecular weight is 367 g/mol. The third-order valence-electron chi connectivity index (χ3n) is 5.96. The van der Waals surface area contributed by atoms with E-state index in [1.165, 1.54) is 22.3 Å². The molecule has 2 aliphatic heterocycles. The number of nitrogens with zero attached hydrogens (tertiary/aromatic N) is 2. The number of aliphatic hydroxyl groups is 1. The maximum atomic E-state index is 10.7. The largest absolute Gasteiger partial charge is 0.390 e. The Balaban J connectivity index is 1.35. The quantitative estimate of drug-likeness (QED) is 0.903. The Morgan fingerprint density at radius 1 is 1.00 bits per heavy atom. The molecule has 0 amide bonds. The minimum atomic E-state index is -0.275. The number of morpholine rings is 1. The molecular formula is C23H30N2O2. The summed E-state index contributed by atoms with van der Waals surface area (Å²) in [6, 6.07) is 17.7. The van der Waals surface area contributed by atoms with Crippen LogP contribution in [0.1, 0.15) is 17.5 Å². The first-order valence-corrected chi connectivity index (χ1v) is 10.1. The summed E-state index contributed by atoms with van der Waals surface area (Å²) in [5.41, 5.74) is 5.18. The topological polar surface area (TPSA) is 35.9 Å². The van der Waals surface area contributed by atoms with Gasteiger partial charge >= 0.3 is 0 Å². The highest BCUT2D eigenvalue weighted by atomic mass is 16.5. The van der Waals surface area contributed by atoms with Crippen molar-refractivity contribution < 1.29 is 9.84 Å². The lowest BCUT2D eigenvalue weighted by Crippen LogP contribution is -2.56. The third-order valence-corrected chi connectivity index (χ3v) is 5.96. The minimum absolute atomic E-state index is 0.275. The van der Waals surface area contributed by atoms with Crippen LogP contribution in [0.15, 0.2) is 48.5 Å². The predicted molar refractivity (Wildman–Crippen MR) is 109 cm³/mol. The second kappa shape index (κ2) is 8.53. The van der Waals surface area contributed by atoms with Crippen LogP contribution in [-0.2, 0) is 11.3 Å². The van der Waals surface area contributed by atoms with Gasteiger partial charge in [-0.05, 0) is 35.6 Å². The summed E-state index contributed by atoms with van der Waals surface area (Å²) in [6.45, 7) is 8.33. The molecule has 1 N–H and O–H groups in total. The van der Waals surface area contributed by atoms with Crippen molar-refractivity contribution in [2.24, 2.45) is 0 Å². The van der Waals surface area contributed by atoms with E-state index < -0.39 is 0 Å². The van der Waals surface area contributed by atoms with E-state index in [0.29, 0.717) is 0 Å². The van der Waals surface area contributed by atoms with Crippen LogP contribution in [0.2, 0.25) is 0 Å². The van der Waals surface area contributed by atoms with Crippen molar-refractivity contribution in [1.82, 2.24) is 9.80 Å². The zero-order valence-electron chi connectivity index (χ0n) is 16.2. The van der Waals surface area contributed by atoms with Gasteiger partial charge in [0.25, 0.3) is 0 Å². The first-order valence-electron chi connectivity index (χ1n) is 10.1. The first kappa shape index (κ1) is 18.6.